The van der Waals surface area contributed by atoms with E-state index in [2.05, 4.69) is 15.9 Å². The van der Waals surface area contributed by atoms with Gasteiger partial charge >= 0.3 is 5.97 Å². The van der Waals surface area contributed by atoms with E-state index in [9.17, 15) is 9.59 Å². The van der Waals surface area contributed by atoms with Crippen LogP contribution in [-0.2, 0) is 22.4 Å². The highest BCUT2D eigenvalue weighted by molar-refractivity contribution is 9.10. The quantitative estimate of drug-likeness (QED) is 0.835. The van der Waals surface area contributed by atoms with E-state index in [0.717, 1.165) is 23.7 Å². The first kappa shape index (κ1) is 15.7. The van der Waals surface area contributed by atoms with Crippen molar-refractivity contribution in [2.75, 3.05) is 0 Å². The number of carbonyl (C=O) groups excluding carboxylic acids is 2. The average molecular weight is 374 g/mol. The SMILES string of the molecule is NC(=O)C(OC(=O)c1ccc2c(c1)CCC2)c1cccc(Br)c1. The molecular formula is C18H16BrNO3. The maximum absolute atomic E-state index is 12.4. The van der Waals surface area contributed by atoms with Gasteiger partial charge in [0.15, 0.2) is 0 Å². The molecule has 0 fully saturated rings. The van der Waals surface area contributed by atoms with Gasteiger partial charge in [0, 0.05) is 10.0 Å². The third-order valence-electron chi connectivity index (χ3n) is 3.97. The largest absolute Gasteiger partial charge is 0.444 e. The minimum atomic E-state index is -1.10. The predicted molar refractivity (Wildman–Crippen MR) is 90.0 cm³/mol. The summed E-state index contributed by atoms with van der Waals surface area (Å²) < 4.78 is 6.15. The van der Waals surface area contributed by atoms with E-state index >= 15 is 0 Å². The maximum Gasteiger partial charge on any atom is 0.339 e. The third-order valence-corrected chi connectivity index (χ3v) is 4.46. The van der Waals surface area contributed by atoms with Crippen LogP contribution in [0.5, 0.6) is 0 Å². The van der Waals surface area contributed by atoms with E-state index in [4.69, 9.17) is 10.5 Å². The number of benzene rings is 2. The summed E-state index contributed by atoms with van der Waals surface area (Å²) in [4.78, 5) is 24.1. The predicted octanol–water partition coefficient (Wildman–Crippen LogP) is 3.32. The van der Waals surface area contributed by atoms with E-state index < -0.39 is 18.0 Å². The standard InChI is InChI=1S/C18H16BrNO3/c19-15-6-2-5-13(10-15)16(17(20)21)23-18(22)14-8-7-11-3-1-4-12(11)9-14/h2,5-10,16H,1,3-4H2,(H2,20,21). The zero-order chi connectivity index (χ0) is 16.4. The topological polar surface area (TPSA) is 69.4 Å². The molecule has 2 aromatic rings. The fourth-order valence-corrected chi connectivity index (χ4v) is 3.25. The van der Waals surface area contributed by atoms with Crippen molar-refractivity contribution in [2.45, 2.75) is 25.4 Å². The molecule has 1 aliphatic carbocycles. The van der Waals surface area contributed by atoms with E-state index in [1.807, 2.05) is 18.2 Å². The van der Waals surface area contributed by atoms with E-state index in [0.29, 0.717) is 11.1 Å². The van der Waals surface area contributed by atoms with Crippen molar-refractivity contribution in [2.24, 2.45) is 5.73 Å². The second-order valence-corrected chi connectivity index (χ2v) is 6.50. The molecule has 0 spiro atoms. The van der Waals surface area contributed by atoms with Crippen LogP contribution in [0, 0.1) is 0 Å². The van der Waals surface area contributed by atoms with Gasteiger partial charge in [0.05, 0.1) is 5.56 Å². The van der Waals surface area contributed by atoms with Crippen LogP contribution in [0.1, 0.15) is 39.6 Å². The third kappa shape index (κ3) is 3.45. The van der Waals surface area contributed by atoms with E-state index in [1.165, 1.54) is 11.1 Å². The van der Waals surface area contributed by atoms with E-state index in [-0.39, 0.29) is 0 Å². The maximum atomic E-state index is 12.4. The molecule has 5 heteroatoms. The van der Waals surface area contributed by atoms with Crippen molar-refractivity contribution < 1.29 is 14.3 Å². The van der Waals surface area contributed by atoms with Crippen LogP contribution in [-0.4, -0.2) is 11.9 Å². The minimum absolute atomic E-state index is 0.451. The number of esters is 1. The number of primary amides is 1. The lowest BCUT2D eigenvalue weighted by molar-refractivity contribution is -0.127. The van der Waals surface area contributed by atoms with Gasteiger partial charge < -0.3 is 10.5 Å². The second-order valence-electron chi connectivity index (χ2n) is 5.58. The summed E-state index contributed by atoms with van der Waals surface area (Å²) in [5.74, 6) is -1.24. The first-order valence-corrected chi connectivity index (χ1v) is 8.21. The van der Waals surface area contributed by atoms with Gasteiger partial charge in [-0.3, -0.25) is 4.79 Å². The lowest BCUT2D eigenvalue weighted by Gasteiger charge is -2.15. The number of hydrogen-bond acceptors (Lipinski definition) is 3. The van der Waals surface area contributed by atoms with Gasteiger partial charge in [-0.2, -0.15) is 0 Å². The van der Waals surface area contributed by atoms with Crippen LogP contribution in [0.2, 0.25) is 0 Å². The van der Waals surface area contributed by atoms with Gasteiger partial charge in [-0.25, -0.2) is 4.79 Å². The van der Waals surface area contributed by atoms with Crippen molar-refractivity contribution in [3.05, 3.63) is 69.2 Å². The summed E-state index contributed by atoms with van der Waals surface area (Å²) >= 11 is 3.33. The van der Waals surface area contributed by atoms with E-state index in [1.54, 1.807) is 24.3 Å². The number of nitrogens with two attached hydrogens (primary N) is 1. The highest BCUT2D eigenvalue weighted by atomic mass is 79.9. The Morgan fingerprint density at radius 2 is 1.87 bits per heavy atom. The molecule has 1 aliphatic rings. The fraction of sp³-hybridized carbons (Fsp3) is 0.222. The first-order valence-electron chi connectivity index (χ1n) is 7.42. The molecule has 0 aliphatic heterocycles. The van der Waals surface area contributed by atoms with Crippen molar-refractivity contribution in [1.29, 1.82) is 0 Å². The van der Waals surface area contributed by atoms with Crippen LogP contribution in [0.3, 0.4) is 0 Å². The Bertz CT molecular complexity index is 773. The van der Waals surface area contributed by atoms with Crippen molar-refractivity contribution in [3.8, 4) is 0 Å². The summed E-state index contributed by atoms with van der Waals surface area (Å²) in [6.07, 6.45) is 2.03. The Hall–Kier alpha value is -2.14. The van der Waals surface area contributed by atoms with Gasteiger partial charge in [0.2, 0.25) is 6.10 Å². The number of fused-ring (bicyclic) bond motifs is 1. The normalized spacial score (nSPS) is 14.1. The number of ether oxygens (including phenoxy) is 1. The van der Waals surface area contributed by atoms with Gasteiger partial charge in [0.25, 0.3) is 5.91 Å². The first-order chi connectivity index (χ1) is 11.0. The van der Waals surface area contributed by atoms with Gasteiger partial charge in [-0.05, 0) is 54.7 Å². The number of halogens is 1. The van der Waals surface area contributed by atoms with Gasteiger partial charge in [-0.1, -0.05) is 34.1 Å². The lowest BCUT2D eigenvalue weighted by atomic mass is 10.1. The number of rotatable bonds is 4. The molecule has 0 aromatic heterocycles. The number of aryl methyl sites for hydroxylation is 2. The minimum Gasteiger partial charge on any atom is -0.444 e. The molecular weight excluding hydrogens is 358 g/mol. The molecule has 0 heterocycles. The molecule has 4 nitrogen and oxygen atoms in total. The van der Waals surface area contributed by atoms with Crippen LogP contribution in [0.25, 0.3) is 0 Å². The molecule has 1 unspecified atom stereocenters. The highest BCUT2D eigenvalue weighted by Crippen LogP contribution is 2.25. The molecule has 1 amide bonds. The Labute approximate surface area is 142 Å². The summed E-state index contributed by atoms with van der Waals surface area (Å²) in [5.41, 5.74) is 8.85. The number of carbonyl (C=O) groups is 2. The van der Waals surface area contributed by atoms with Crippen LogP contribution in [0.4, 0.5) is 0 Å². The molecule has 0 saturated heterocycles. The molecule has 1 atom stereocenters. The van der Waals surface area contributed by atoms with Crippen molar-refractivity contribution in [1.82, 2.24) is 0 Å². The van der Waals surface area contributed by atoms with Crippen molar-refractivity contribution >= 4 is 27.8 Å². The summed E-state index contributed by atoms with van der Waals surface area (Å²) in [5, 5.41) is 0. The highest BCUT2D eigenvalue weighted by Gasteiger charge is 2.24. The molecule has 2 N–H and O–H groups in total. The number of amides is 1. The zero-order valence-electron chi connectivity index (χ0n) is 12.4. The molecule has 3 rings (SSSR count). The molecule has 118 valence electrons. The van der Waals surface area contributed by atoms with Gasteiger partial charge in [-0.15, -0.1) is 0 Å². The second kappa shape index (κ2) is 6.54. The van der Waals surface area contributed by atoms with Crippen LogP contribution < -0.4 is 5.73 Å². The fourth-order valence-electron chi connectivity index (χ4n) is 2.83. The smallest absolute Gasteiger partial charge is 0.339 e. The van der Waals surface area contributed by atoms with Crippen LogP contribution in [0.15, 0.2) is 46.9 Å². The van der Waals surface area contributed by atoms with Crippen LogP contribution >= 0.6 is 15.9 Å². The Kier molecular flexibility index (Phi) is 4.48. The molecule has 0 bridgehead atoms. The average Bonchev–Trinajstić information content (AvgIpc) is 2.99. The monoisotopic (exact) mass is 373 g/mol. The Morgan fingerprint density at radius 1 is 1.09 bits per heavy atom. The molecule has 23 heavy (non-hydrogen) atoms. The molecule has 0 saturated carbocycles. The number of hydrogen-bond donors (Lipinski definition) is 1. The lowest BCUT2D eigenvalue weighted by Crippen LogP contribution is -2.26. The Morgan fingerprint density at radius 3 is 2.61 bits per heavy atom. The zero-order valence-corrected chi connectivity index (χ0v) is 14.0. The summed E-state index contributed by atoms with van der Waals surface area (Å²) in [7, 11) is 0. The van der Waals surface area contributed by atoms with Gasteiger partial charge in [0.1, 0.15) is 0 Å². The molecule has 0 radical (unpaired) electrons. The molecule has 2 aromatic carbocycles. The summed E-state index contributed by atoms with van der Waals surface area (Å²) in [6.45, 7) is 0. The summed E-state index contributed by atoms with van der Waals surface area (Å²) in [6, 6.07) is 12.6. The van der Waals surface area contributed by atoms with Crippen molar-refractivity contribution in [3.63, 3.8) is 0 Å². The Balaban J connectivity index is 1.83.